The van der Waals surface area contributed by atoms with Gasteiger partial charge in [0.15, 0.2) is 0 Å². The molecule has 13 heavy (non-hydrogen) atoms. The lowest BCUT2D eigenvalue weighted by Gasteiger charge is -2.08. The summed E-state index contributed by atoms with van der Waals surface area (Å²) in [6, 6.07) is 1.77. The lowest BCUT2D eigenvalue weighted by molar-refractivity contribution is 0.0833. The van der Waals surface area contributed by atoms with Crippen molar-refractivity contribution in [3.8, 4) is 0 Å². The molecule has 0 bridgehead atoms. The Balaban J connectivity index is 3.00. The predicted octanol–water partition coefficient (Wildman–Crippen LogP) is 1.07. The molecule has 1 heterocycles. The minimum absolute atomic E-state index is 0.0519. The van der Waals surface area contributed by atoms with E-state index in [4.69, 9.17) is 5.73 Å². The molecule has 0 aliphatic rings. The van der Waals surface area contributed by atoms with Gasteiger partial charge in [0.1, 0.15) is 4.88 Å². The van der Waals surface area contributed by atoms with Gasteiger partial charge >= 0.3 is 0 Å². The Morgan fingerprint density at radius 1 is 1.62 bits per heavy atom. The maximum atomic E-state index is 11.5. The molecule has 0 saturated heterocycles. The summed E-state index contributed by atoms with van der Waals surface area (Å²) < 4.78 is 0. The number of rotatable bonds is 2. The molecular formula is C8H13N3OS. The van der Waals surface area contributed by atoms with Crippen LogP contribution in [0.25, 0.3) is 0 Å². The van der Waals surface area contributed by atoms with Crippen molar-refractivity contribution in [2.45, 2.75) is 0 Å². The Bertz CT molecular complexity index is 319. The molecule has 0 aliphatic heterocycles. The van der Waals surface area contributed by atoms with Crippen molar-refractivity contribution in [2.75, 3.05) is 32.2 Å². The van der Waals surface area contributed by atoms with Crippen LogP contribution in [0.5, 0.6) is 0 Å². The molecule has 0 aliphatic carbocycles. The molecule has 0 atom stereocenters. The second-order valence-electron chi connectivity index (χ2n) is 2.84. The number of carbonyl (C=O) groups is 1. The molecule has 0 radical (unpaired) electrons. The van der Waals surface area contributed by atoms with Gasteiger partial charge < -0.3 is 16.0 Å². The molecule has 72 valence electrons. The summed E-state index contributed by atoms with van der Waals surface area (Å²) in [7, 11) is 5.22. The summed E-state index contributed by atoms with van der Waals surface area (Å²) >= 11 is 1.37. The zero-order chi connectivity index (χ0) is 10.0. The summed E-state index contributed by atoms with van der Waals surface area (Å²) in [5, 5.41) is 3.86. The summed E-state index contributed by atoms with van der Waals surface area (Å²) in [6.45, 7) is 0. The Kier molecular flexibility index (Phi) is 2.77. The van der Waals surface area contributed by atoms with Crippen molar-refractivity contribution >= 4 is 27.9 Å². The molecule has 0 unspecified atom stereocenters. The fourth-order valence-corrected chi connectivity index (χ4v) is 1.85. The Labute approximate surface area is 81.3 Å². The van der Waals surface area contributed by atoms with E-state index < -0.39 is 0 Å². The topological polar surface area (TPSA) is 58.4 Å². The van der Waals surface area contributed by atoms with Gasteiger partial charge in [-0.05, 0) is 6.07 Å². The third kappa shape index (κ3) is 1.92. The maximum Gasteiger partial charge on any atom is 0.265 e. The number of anilines is 2. The third-order valence-corrected chi connectivity index (χ3v) is 2.76. The largest absolute Gasteiger partial charge is 0.397 e. The first-order chi connectivity index (χ1) is 6.06. The highest BCUT2D eigenvalue weighted by atomic mass is 32.1. The van der Waals surface area contributed by atoms with E-state index in [1.165, 1.54) is 16.2 Å². The smallest absolute Gasteiger partial charge is 0.265 e. The van der Waals surface area contributed by atoms with Crippen LogP contribution >= 0.6 is 11.3 Å². The molecule has 5 heteroatoms. The second kappa shape index (κ2) is 3.66. The zero-order valence-electron chi connectivity index (χ0n) is 7.92. The number of thiophene rings is 1. The average molecular weight is 199 g/mol. The standard InChI is InChI=1S/C8H13N3OS/c1-10-6-4-5(9)7(13-6)8(12)11(2)3/h4,10H,9H2,1-3H3. The number of nitrogens with two attached hydrogens (primary N) is 1. The molecule has 1 aromatic heterocycles. The first-order valence-corrected chi connectivity index (χ1v) is 4.66. The van der Waals surface area contributed by atoms with E-state index in [9.17, 15) is 4.79 Å². The first kappa shape index (κ1) is 9.85. The highest BCUT2D eigenvalue weighted by Crippen LogP contribution is 2.29. The van der Waals surface area contributed by atoms with Crippen molar-refractivity contribution in [3.05, 3.63) is 10.9 Å². The van der Waals surface area contributed by atoms with Gasteiger partial charge in [0.05, 0.1) is 10.7 Å². The number of hydrogen-bond acceptors (Lipinski definition) is 4. The number of amides is 1. The van der Waals surface area contributed by atoms with Gasteiger partial charge in [0.2, 0.25) is 0 Å². The quantitative estimate of drug-likeness (QED) is 0.749. The van der Waals surface area contributed by atoms with Crippen LogP contribution in [0.15, 0.2) is 6.07 Å². The van der Waals surface area contributed by atoms with Gasteiger partial charge in [-0.25, -0.2) is 0 Å². The van der Waals surface area contributed by atoms with Crippen LogP contribution < -0.4 is 11.1 Å². The minimum Gasteiger partial charge on any atom is -0.397 e. The fraction of sp³-hybridized carbons (Fsp3) is 0.375. The van der Waals surface area contributed by atoms with E-state index in [1.54, 1.807) is 27.2 Å². The van der Waals surface area contributed by atoms with Gasteiger partial charge in [-0.15, -0.1) is 11.3 Å². The van der Waals surface area contributed by atoms with Crippen LogP contribution in [0.2, 0.25) is 0 Å². The zero-order valence-corrected chi connectivity index (χ0v) is 8.73. The number of carbonyl (C=O) groups excluding carboxylic acids is 1. The SMILES string of the molecule is CNc1cc(N)c(C(=O)N(C)C)s1. The van der Waals surface area contributed by atoms with Gasteiger partial charge in [0.25, 0.3) is 5.91 Å². The van der Waals surface area contributed by atoms with E-state index >= 15 is 0 Å². The van der Waals surface area contributed by atoms with Crippen LogP contribution in [0.4, 0.5) is 10.7 Å². The molecule has 0 spiro atoms. The van der Waals surface area contributed by atoms with Crippen LogP contribution in [0.1, 0.15) is 9.67 Å². The summed E-state index contributed by atoms with van der Waals surface area (Å²) in [6.07, 6.45) is 0. The van der Waals surface area contributed by atoms with E-state index in [2.05, 4.69) is 5.32 Å². The van der Waals surface area contributed by atoms with Crippen molar-refractivity contribution in [1.82, 2.24) is 4.90 Å². The maximum absolute atomic E-state index is 11.5. The molecule has 0 aromatic carbocycles. The number of nitrogens with one attached hydrogen (secondary N) is 1. The molecule has 3 N–H and O–H groups in total. The number of nitrogen functional groups attached to an aromatic ring is 1. The Morgan fingerprint density at radius 3 is 2.62 bits per heavy atom. The van der Waals surface area contributed by atoms with Gasteiger partial charge in [0, 0.05) is 21.1 Å². The molecular weight excluding hydrogens is 186 g/mol. The molecule has 0 saturated carbocycles. The van der Waals surface area contributed by atoms with Crippen LogP contribution in [-0.4, -0.2) is 32.0 Å². The third-order valence-electron chi connectivity index (χ3n) is 1.61. The molecule has 0 fully saturated rings. The monoisotopic (exact) mass is 199 g/mol. The lowest BCUT2D eigenvalue weighted by atomic mass is 10.3. The van der Waals surface area contributed by atoms with E-state index in [0.29, 0.717) is 10.6 Å². The minimum atomic E-state index is -0.0519. The highest BCUT2D eigenvalue weighted by molar-refractivity contribution is 7.18. The molecule has 4 nitrogen and oxygen atoms in total. The predicted molar refractivity (Wildman–Crippen MR) is 56.3 cm³/mol. The lowest BCUT2D eigenvalue weighted by Crippen LogP contribution is -2.21. The summed E-state index contributed by atoms with van der Waals surface area (Å²) in [5.74, 6) is -0.0519. The molecule has 1 rings (SSSR count). The normalized spacial score (nSPS) is 9.77. The van der Waals surface area contributed by atoms with Crippen LogP contribution in [0, 0.1) is 0 Å². The molecule has 1 aromatic rings. The Hall–Kier alpha value is -1.23. The summed E-state index contributed by atoms with van der Waals surface area (Å²) in [5.41, 5.74) is 6.21. The van der Waals surface area contributed by atoms with Gasteiger partial charge in [-0.1, -0.05) is 0 Å². The first-order valence-electron chi connectivity index (χ1n) is 3.85. The second-order valence-corrected chi connectivity index (χ2v) is 3.90. The van der Waals surface area contributed by atoms with Crippen molar-refractivity contribution in [1.29, 1.82) is 0 Å². The van der Waals surface area contributed by atoms with Crippen molar-refractivity contribution < 1.29 is 4.79 Å². The summed E-state index contributed by atoms with van der Waals surface area (Å²) in [4.78, 5) is 13.6. The van der Waals surface area contributed by atoms with Gasteiger partial charge in [-0.2, -0.15) is 0 Å². The van der Waals surface area contributed by atoms with E-state index in [1.807, 2.05) is 0 Å². The van der Waals surface area contributed by atoms with Crippen molar-refractivity contribution in [2.24, 2.45) is 0 Å². The van der Waals surface area contributed by atoms with E-state index in [-0.39, 0.29) is 5.91 Å². The van der Waals surface area contributed by atoms with Crippen LogP contribution in [0.3, 0.4) is 0 Å². The highest BCUT2D eigenvalue weighted by Gasteiger charge is 2.15. The van der Waals surface area contributed by atoms with Crippen molar-refractivity contribution in [3.63, 3.8) is 0 Å². The molecule has 1 amide bonds. The fourth-order valence-electron chi connectivity index (χ4n) is 0.899. The average Bonchev–Trinajstić information content (AvgIpc) is 2.45. The Morgan fingerprint density at radius 2 is 2.23 bits per heavy atom. The van der Waals surface area contributed by atoms with E-state index in [0.717, 1.165) is 5.00 Å². The number of nitrogens with zero attached hydrogens (tertiary/aromatic N) is 1. The van der Waals surface area contributed by atoms with Crippen LogP contribution in [-0.2, 0) is 0 Å². The number of hydrogen-bond donors (Lipinski definition) is 2. The van der Waals surface area contributed by atoms with Gasteiger partial charge in [-0.3, -0.25) is 4.79 Å².